The second-order valence-corrected chi connectivity index (χ2v) is 4.35. The minimum atomic E-state index is -4.98. The van der Waals surface area contributed by atoms with E-state index in [1.54, 1.807) is 0 Å². The zero-order valence-electron chi connectivity index (χ0n) is 10.8. The van der Waals surface area contributed by atoms with Crippen LogP contribution in [0.3, 0.4) is 0 Å². The van der Waals surface area contributed by atoms with E-state index in [2.05, 4.69) is 0 Å². The lowest BCUT2D eigenvalue weighted by molar-refractivity contribution is -0.144. The lowest BCUT2D eigenvalue weighted by Crippen LogP contribution is -2.13. The number of hydrogen-bond donors (Lipinski definition) is 1. The van der Waals surface area contributed by atoms with E-state index in [1.807, 2.05) is 0 Å². The first-order valence-electron chi connectivity index (χ1n) is 5.90. The Morgan fingerprint density at radius 3 is 1.59 bits per heavy atom. The number of alkyl halides is 6. The Kier molecular flexibility index (Phi) is 3.95. The van der Waals surface area contributed by atoms with Crippen LogP contribution in [0.15, 0.2) is 42.5 Å². The topological polar surface area (TPSA) is 35.2 Å². The fraction of sp³-hybridized carbons (Fsp3) is 0.143. The molecule has 8 heteroatoms. The van der Waals surface area contributed by atoms with Crippen LogP contribution in [0.4, 0.5) is 32.0 Å². The van der Waals surface area contributed by atoms with Crippen LogP contribution < -0.4 is 10.5 Å². The lowest BCUT2D eigenvalue weighted by Gasteiger charge is -2.18. The van der Waals surface area contributed by atoms with E-state index < -0.39 is 29.2 Å². The summed E-state index contributed by atoms with van der Waals surface area (Å²) in [7, 11) is 0. The Morgan fingerprint density at radius 1 is 0.727 bits per heavy atom. The van der Waals surface area contributed by atoms with Crippen LogP contribution in [0, 0.1) is 0 Å². The summed E-state index contributed by atoms with van der Waals surface area (Å²) in [6.07, 6.45) is -9.96. The van der Waals surface area contributed by atoms with E-state index in [4.69, 9.17) is 10.5 Å². The van der Waals surface area contributed by atoms with E-state index in [9.17, 15) is 26.3 Å². The van der Waals surface area contributed by atoms with Gasteiger partial charge in [0.05, 0.1) is 11.1 Å². The van der Waals surface area contributed by atoms with Gasteiger partial charge in [0.15, 0.2) is 5.75 Å². The molecule has 2 aromatic rings. The number of benzene rings is 2. The molecule has 2 N–H and O–H groups in total. The molecule has 2 rings (SSSR count). The molecule has 0 spiro atoms. The monoisotopic (exact) mass is 321 g/mol. The SMILES string of the molecule is Nc1ccc(Oc2c(C(F)(F)F)cccc2C(F)(F)F)cc1. The van der Waals surface area contributed by atoms with Gasteiger partial charge in [-0.15, -0.1) is 0 Å². The zero-order valence-corrected chi connectivity index (χ0v) is 10.8. The van der Waals surface area contributed by atoms with Crippen LogP contribution >= 0.6 is 0 Å². The average Bonchev–Trinajstić information content (AvgIpc) is 2.39. The maximum atomic E-state index is 12.9. The second-order valence-electron chi connectivity index (χ2n) is 4.35. The number of para-hydroxylation sites is 1. The number of anilines is 1. The van der Waals surface area contributed by atoms with Gasteiger partial charge in [-0.25, -0.2) is 0 Å². The van der Waals surface area contributed by atoms with Gasteiger partial charge in [-0.05, 0) is 36.4 Å². The predicted octanol–water partition coefficient (Wildman–Crippen LogP) is 5.10. The van der Waals surface area contributed by atoms with Crippen LogP contribution in [0.1, 0.15) is 11.1 Å². The highest BCUT2D eigenvalue weighted by molar-refractivity contribution is 5.49. The summed E-state index contributed by atoms with van der Waals surface area (Å²) in [5, 5.41) is 0. The highest BCUT2D eigenvalue weighted by Gasteiger charge is 2.42. The molecule has 0 saturated heterocycles. The summed E-state index contributed by atoms with van der Waals surface area (Å²) in [5.41, 5.74) is 2.70. The Labute approximate surface area is 121 Å². The lowest BCUT2D eigenvalue weighted by atomic mass is 10.1. The molecule has 0 radical (unpaired) electrons. The van der Waals surface area contributed by atoms with Crippen LogP contribution in [0.25, 0.3) is 0 Å². The third-order valence-electron chi connectivity index (χ3n) is 2.73. The fourth-order valence-electron chi connectivity index (χ4n) is 1.75. The molecule has 0 aliphatic carbocycles. The van der Waals surface area contributed by atoms with E-state index in [1.165, 1.54) is 24.3 Å². The molecule has 0 aliphatic rings. The molecular weight excluding hydrogens is 312 g/mol. The first-order chi connectivity index (χ1) is 10.1. The maximum absolute atomic E-state index is 12.9. The normalized spacial score (nSPS) is 12.3. The molecule has 0 bridgehead atoms. The number of nitrogens with two attached hydrogens (primary N) is 1. The Bertz CT molecular complexity index is 628. The second kappa shape index (κ2) is 5.43. The molecule has 0 amide bonds. The molecule has 2 aromatic carbocycles. The molecule has 0 fully saturated rings. The fourth-order valence-corrected chi connectivity index (χ4v) is 1.75. The van der Waals surface area contributed by atoms with Crippen molar-refractivity contribution in [3.63, 3.8) is 0 Å². The Balaban J connectivity index is 2.57. The summed E-state index contributed by atoms with van der Waals surface area (Å²) in [6, 6.07) is 6.72. The molecule has 0 heterocycles. The van der Waals surface area contributed by atoms with Crippen molar-refractivity contribution in [3.05, 3.63) is 53.6 Å². The zero-order chi connectivity index (χ0) is 16.5. The van der Waals surface area contributed by atoms with Crippen LogP contribution in [0.5, 0.6) is 11.5 Å². The summed E-state index contributed by atoms with van der Waals surface area (Å²) in [5.74, 6) is -1.47. The van der Waals surface area contributed by atoms with Crippen molar-refractivity contribution < 1.29 is 31.1 Å². The van der Waals surface area contributed by atoms with Crippen LogP contribution in [0.2, 0.25) is 0 Å². The molecule has 118 valence electrons. The third-order valence-corrected chi connectivity index (χ3v) is 2.73. The van der Waals surface area contributed by atoms with Gasteiger partial charge in [0.25, 0.3) is 0 Å². The minimum Gasteiger partial charge on any atom is -0.456 e. The molecule has 0 saturated carbocycles. The van der Waals surface area contributed by atoms with Crippen LogP contribution in [-0.4, -0.2) is 0 Å². The van der Waals surface area contributed by atoms with E-state index in [-0.39, 0.29) is 5.75 Å². The number of ether oxygens (including phenoxy) is 1. The standard InChI is InChI=1S/C14H9F6NO/c15-13(16,17)10-2-1-3-11(14(18,19)20)12(10)22-9-6-4-8(21)5-7-9/h1-7H,21H2. The van der Waals surface area contributed by atoms with Gasteiger partial charge in [0.2, 0.25) is 0 Å². The number of rotatable bonds is 2. The van der Waals surface area contributed by atoms with Gasteiger partial charge < -0.3 is 10.5 Å². The summed E-state index contributed by atoms with van der Waals surface area (Å²) < 4.78 is 82.3. The Hall–Kier alpha value is -2.38. The van der Waals surface area contributed by atoms with Gasteiger partial charge in [0.1, 0.15) is 5.75 Å². The number of nitrogen functional groups attached to an aromatic ring is 1. The van der Waals surface area contributed by atoms with Crippen molar-refractivity contribution in [1.29, 1.82) is 0 Å². The maximum Gasteiger partial charge on any atom is 0.420 e. The highest BCUT2D eigenvalue weighted by Crippen LogP contribution is 2.45. The van der Waals surface area contributed by atoms with Crippen molar-refractivity contribution in [2.45, 2.75) is 12.4 Å². The largest absolute Gasteiger partial charge is 0.456 e. The smallest absolute Gasteiger partial charge is 0.420 e. The summed E-state index contributed by atoms with van der Waals surface area (Å²) in [4.78, 5) is 0. The molecule has 0 unspecified atom stereocenters. The third kappa shape index (κ3) is 3.44. The molecular formula is C14H9F6NO. The van der Waals surface area contributed by atoms with Crippen molar-refractivity contribution in [3.8, 4) is 11.5 Å². The predicted molar refractivity (Wildman–Crippen MR) is 67.4 cm³/mol. The molecule has 0 atom stereocenters. The average molecular weight is 321 g/mol. The molecule has 22 heavy (non-hydrogen) atoms. The quantitative estimate of drug-likeness (QED) is 0.617. The highest BCUT2D eigenvalue weighted by atomic mass is 19.4. The van der Waals surface area contributed by atoms with Crippen molar-refractivity contribution in [1.82, 2.24) is 0 Å². The number of hydrogen-bond acceptors (Lipinski definition) is 2. The molecule has 0 aromatic heterocycles. The van der Waals surface area contributed by atoms with Gasteiger partial charge >= 0.3 is 12.4 Å². The van der Waals surface area contributed by atoms with Crippen molar-refractivity contribution in [2.75, 3.05) is 5.73 Å². The van der Waals surface area contributed by atoms with Gasteiger partial charge in [-0.3, -0.25) is 0 Å². The van der Waals surface area contributed by atoms with Crippen molar-refractivity contribution >= 4 is 5.69 Å². The van der Waals surface area contributed by atoms with Crippen LogP contribution in [-0.2, 0) is 12.4 Å². The minimum absolute atomic E-state index is 0.184. The Morgan fingerprint density at radius 2 is 1.18 bits per heavy atom. The number of halogens is 6. The van der Waals surface area contributed by atoms with Gasteiger partial charge in [-0.1, -0.05) is 6.07 Å². The molecule has 2 nitrogen and oxygen atoms in total. The van der Waals surface area contributed by atoms with Crippen molar-refractivity contribution in [2.24, 2.45) is 0 Å². The summed E-state index contributed by atoms with van der Waals surface area (Å²) >= 11 is 0. The van der Waals surface area contributed by atoms with E-state index in [0.717, 1.165) is 0 Å². The van der Waals surface area contributed by atoms with Gasteiger partial charge in [-0.2, -0.15) is 26.3 Å². The first-order valence-corrected chi connectivity index (χ1v) is 5.90. The summed E-state index contributed by atoms with van der Waals surface area (Å²) in [6.45, 7) is 0. The molecule has 0 aliphatic heterocycles. The van der Waals surface area contributed by atoms with E-state index >= 15 is 0 Å². The first kappa shape index (κ1) is 16.0. The van der Waals surface area contributed by atoms with Gasteiger partial charge in [0, 0.05) is 5.69 Å². The van der Waals surface area contributed by atoms with E-state index in [0.29, 0.717) is 23.9 Å².